The van der Waals surface area contributed by atoms with Gasteiger partial charge in [-0.2, -0.15) is 0 Å². The molecule has 16 heavy (non-hydrogen) atoms. The maximum Gasteiger partial charge on any atom is 0.240 e. The second-order valence-electron chi connectivity index (χ2n) is 4.41. The molecule has 0 aromatic carbocycles. The number of rotatable bonds is 4. The minimum absolute atomic E-state index is 0.00852. The zero-order chi connectivity index (χ0) is 11.6. The molecule has 0 atom stereocenters. The van der Waals surface area contributed by atoms with E-state index in [1.54, 1.807) is 11.3 Å². The Bertz CT molecular complexity index is 382. The molecule has 0 unspecified atom stereocenters. The summed E-state index contributed by atoms with van der Waals surface area (Å²) >= 11 is 1.70. The van der Waals surface area contributed by atoms with E-state index in [4.69, 9.17) is 5.73 Å². The molecule has 1 heterocycles. The van der Waals surface area contributed by atoms with Gasteiger partial charge in [0.05, 0.1) is 12.1 Å². The van der Waals surface area contributed by atoms with E-state index in [9.17, 15) is 4.79 Å². The molecule has 2 rings (SSSR count). The first-order chi connectivity index (χ1) is 7.65. The van der Waals surface area contributed by atoms with E-state index in [1.165, 1.54) is 10.4 Å². The van der Waals surface area contributed by atoms with Crippen LogP contribution in [0.25, 0.3) is 0 Å². The van der Waals surface area contributed by atoms with Gasteiger partial charge in [0.2, 0.25) is 5.91 Å². The molecule has 1 amide bonds. The Morgan fingerprint density at radius 1 is 1.62 bits per heavy atom. The maximum atomic E-state index is 11.8. The molecular weight excluding hydrogens is 220 g/mol. The molecule has 0 radical (unpaired) electrons. The normalized spacial score (nSPS) is 17.9. The third-order valence-electron chi connectivity index (χ3n) is 3.33. The van der Waals surface area contributed by atoms with Gasteiger partial charge in [-0.3, -0.25) is 4.79 Å². The molecule has 0 bridgehead atoms. The standard InChI is InChI=1S/C12H18N2OS/c1-2-9-4-7-16-10(9)8-14-11(15)12(13)5-3-6-12/h4,7H,2-3,5-6,8,13H2,1H3,(H,14,15). The number of hydrogen-bond donors (Lipinski definition) is 2. The summed E-state index contributed by atoms with van der Waals surface area (Å²) in [4.78, 5) is 13.1. The monoisotopic (exact) mass is 238 g/mol. The lowest BCUT2D eigenvalue weighted by Crippen LogP contribution is -2.58. The Hall–Kier alpha value is -0.870. The Morgan fingerprint density at radius 3 is 2.94 bits per heavy atom. The minimum atomic E-state index is -0.580. The summed E-state index contributed by atoms with van der Waals surface area (Å²) < 4.78 is 0. The van der Waals surface area contributed by atoms with Crippen molar-refractivity contribution >= 4 is 17.2 Å². The number of hydrogen-bond acceptors (Lipinski definition) is 3. The van der Waals surface area contributed by atoms with E-state index in [1.807, 2.05) is 0 Å². The van der Waals surface area contributed by atoms with E-state index in [0.717, 1.165) is 25.7 Å². The summed E-state index contributed by atoms with van der Waals surface area (Å²) in [6.07, 6.45) is 3.74. The number of carbonyl (C=O) groups excluding carboxylic acids is 1. The lowest BCUT2D eigenvalue weighted by Gasteiger charge is -2.36. The minimum Gasteiger partial charge on any atom is -0.350 e. The van der Waals surface area contributed by atoms with Crippen LogP contribution < -0.4 is 11.1 Å². The molecule has 1 aliphatic rings. The molecule has 1 saturated carbocycles. The molecule has 0 aliphatic heterocycles. The number of nitrogens with one attached hydrogen (secondary N) is 1. The van der Waals surface area contributed by atoms with E-state index in [2.05, 4.69) is 23.7 Å². The van der Waals surface area contributed by atoms with Crippen molar-refractivity contribution in [2.75, 3.05) is 0 Å². The van der Waals surface area contributed by atoms with Crippen LogP contribution in [-0.2, 0) is 17.8 Å². The Labute approximate surface area is 100 Å². The largest absolute Gasteiger partial charge is 0.350 e. The predicted octanol–water partition coefficient (Wildman–Crippen LogP) is 1.81. The first-order valence-electron chi connectivity index (χ1n) is 5.78. The molecule has 0 spiro atoms. The highest BCUT2D eigenvalue weighted by Gasteiger charge is 2.39. The maximum absolute atomic E-state index is 11.8. The van der Waals surface area contributed by atoms with E-state index in [0.29, 0.717) is 6.54 Å². The van der Waals surface area contributed by atoms with Crippen molar-refractivity contribution in [1.29, 1.82) is 0 Å². The van der Waals surface area contributed by atoms with Crippen LogP contribution in [-0.4, -0.2) is 11.4 Å². The number of nitrogens with two attached hydrogens (primary N) is 1. The molecule has 1 fully saturated rings. The number of aryl methyl sites for hydroxylation is 1. The summed E-state index contributed by atoms with van der Waals surface area (Å²) in [5.74, 6) is 0.00852. The van der Waals surface area contributed by atoms with Gasteiger partial charge in [-0.05, 0) is 42.7 Å². The van der Waals surface area contributed by atoms with Crippen molar-refractivity contribution in [2.45, 2.75) is 44.7 Å². The number of amides is 1. The highest BCUT2D eigenvalue weighted by molar-refractivity contribution is 7.10. The fourth-order valence-corrected chi connectivity index (χ4v) is 2.87. The van der Waals surface area contributed by atoms with Crippen molar-refractivity contribution in [3.63, 3.8) is 0 Å². The summed E-state index contributed by atoms with van der Waals surface area (Å²) in [5, 5.41) is 5.02. The molecular formula is C12H18N2OS. The molecule has 1 aromatic heterocycles. The summed E-state index contributed by atoms with van der Waals surface area (Å²) in [6, 6.07) is 2.12. The van der Waals surface area contributed by atoms with Crippen molar-refractivity contribution in [3.05, 3.63) is 21.9 Å². The van der Waals surface area contributed by atoms with Crippen LogP contribution in [0.2, 0.25) is 0 Å². The summed E-state index contributed by atoms with van der Waals surface area (Å²) in [7, 11) is 0. The van der Waals surface area contributed by atoms with Crippen molar-refractivity contribution in [3.8, 4) is 0 Å². The third kappa shape index (κ3) is 2.13. The quantitative estimate of drug-likeness (QED) is 0.840. The van der Waals surface area contributed by atoms with Gasteiger partial charge in [0.15, 0.2) is 0 Å². The second kappa shape index (κ2) is 4.55. The van der Waals surface area contributed by atoms with Crippen LogP contribution in [0.5, 0.6) is 0 Å². The molecule has 3 N–H and O–H groups in total. The fraction of sp³-hybridized carbons (Fsp3) is 0.583. The molecule has 4 heteroatoms. The van der Waals surface area contributed by atoms with Gasteiger partial charge in [-0.1, -0.05) is 6.92 Å². The van der Waals surface area contributed by atoms with Crippen LogP contribution in [0.1, 0.15) is 36.6 Å². The summed E-state index contributed by atoms with van der Waals surface area (Å²) in [5.41, 5.74) is 6.69. The zero-order valence-electron chi connectivity index (χ0n) is 9.58. The Kier molecular flexibility index (Phi) is 3.30. The molecule has 1 aliphatic carbocycles. The van der Waals surface area contributed by atoms with Crippen molar-refractivity contribution in [1.82, 2.24) is 5.32 Å². The lowest BCUT2D eigenvalue weighted by atomic mass is 9.77. The van der Waals surface area contributed by atoms with Gasteiger partial charge in [0, 0.05) is 4.88 Å². The fourth-order valence-electron chi connectivity index (χ4n) is 1.96. The average molecular weight is 238 g/mol. The van der Waals surface area contributed by atoms with Gasteiger partial charge in [0.25, 0.3) is 0 Å². The van der Waals surface area contributed by atoms with Gasteiger partial charge < -0.3 is 11.1 Å². The smallest absolute Gasteiger partial charge is 0.240 e. The van der Waals surface area contributed by atoms with Crippen LogP contribution >= 0.6 is 11.3 Å². The molecule has 3 nitrogen and oxygen atoms in total. The number of carbonyl (C=O) groups is 1. The van der Waals surface area contributed by atoms with Gasteiger partial charge in [-0.15, -0.1) is 11.3 Å². The van der Waals surface area contributed by atoms with Gasteiger partial charge in [0.1, 0.15) is 0 Å². The molecule has 0 saturated heterocycles. The molecule has 1 aromatic rings. The van der Waals surface area contributed by atoms with Crippen molar-refractivity contribution in [2.24, 2.45) is 5.73 Å². The van der Waals surface area contributed by atoms with Crippen LogP contribution in [0.4, 0.5) is 0 Å². The average Bonchev–Trinajstić information content (AvgIpc) is 2.69. The number of thiophene rings is 1. The van der Waals surface area contributed by atoms with Crippen molar-refractivity contribution < 1.29 is 4.79 Å². The van der Waals surface area contributed by atoms with E-state index >= 15 is 0 Å². The highest BCUT2D eigenvalue weighted by atomic mass is 32.1. The lowest BCUT2D eigenvalue weighted by molar-refractivity contribution is -0.129. The first kappa shape index (κ1) is 11.6. The topological polar surface area (TPSA) is 55.1 Å². The zero-order valence-corrected chi connectivity index (χ0v) is 10.4. The molecule has 88 valence electrons. The van der Waals surface area contributed by atoms with Crippen LogP contribution in [0.15, 0.2) is 11.4 Å². The van der Waals surface area contributed by atoms with E-state index in [-0.39, 0.29) is 5.91 Å². The van der Waals surface area contributed by atoms with Crippen LogP contribution in [0.3, 0.4) is 0 Å². The van der Waals surface area contributed by atoms with Gasteiger partial charge in [-0.25, -0.2) is 0 Å². The summed E-state index contributed by atoms with van der Waals surface area (Å²) in [6.45, 7) is 2.75. The Morgan fingerprint density at radius 2 is 2.38 bits per heavy atom. The first-order valence-corrected chi connectivity index (χ1v) is 6.66. The second-order valence-corrected chi connectivity index (χ2v) is 5.42. The van der Waals surface area contributed by atoms with E-state index < -0.39 is 5.54 Å². The highest BCUT2D eigenvalue weighted by Crippen LogP contribution is 2.29. The Balaban J connectivity index is 1.90. The van der Waals surface area contributed by atoms with Crippen LogP contribution in [0, 0.1) is 0 Å². The third-order valence-corrected chi connectivity index (χ3v) is 4.29. The predicted molar refractivity (Wildman–Crippen MR) is 66.3 cm³/mol. The SMILES string of the molecule is CCc1ccsc1CNC(=O)C1(N)CCC1. The van der Waals surface area contributed by atoms with Gasteiger partial charge >= 0.3 is 0 Å².